The van der Waals surface area contributed by atoms with Crippen LogP contribution in [0.1, 0.15) is 32.6 Å². The van der Waals surface area contributed by atoms with Crippen LogP contribution in [0.4, 0.5) is 0 Å². The summed E-state index contributed by atoms with van der Waals surface area (Å²) in [4.78, 5) is 12.7. The SMILES string of the molecule is Cc1ccc(C)c2c1OC/C(=C\c1ccc(C#N)cc1)C2=O. The van der Waals surface area contributed by atoms with Crippen LogP contribution in [0, 0.1) is 25.2 Å². The molecule has 3 heteroatoms. The van der Waals surface area contributed by atoms with Gasteiger partial charge < -0.3 is 4.74 Å². The van der Waals surface area contributed by atoms with Crippen molar-refractivity contribution in [3.05, 3.63) is 69.8 Å². The van der Waals surface area contributed by atoms with Gasteiger partial charge in [-0.3, -0.25) is 4.79 Å². The quantitative estimate of drug-likeness (QED) is 0.750. The monoisotopic (exact) mass is 289 g/mol. The predicted octanol–water partition coefficient (Wildman–Crippen LogP) is 3.83. The maximum Gasteiger partial charge on any atom is 0.196 e. The van der Waals surface area contributed by atoms with E-state index >= 15 is 0 Å². The third kappa shape index (κ3) is 2.40. The molecule has 2 aromatic carbocycles. The number of rotatable bonds is 1. The average molecular weight is 289 g/mol. The second-order valence-electron chi connectivity index (χ2n) is 5.42. The number of nitrogens with zero attached hydrogens (tertiary/aromatic N) is 1. The highest BCUT2D eigenvalue weighted by Crippen LogP contribution is 2.33. The van der Waals surface area contributed by atoms with Gasteiger partial charge >= 0.3 is 0 Å². The summed E-state index contributed by atoms with van der Waals surface area (Å²) in [6, 6.07) is 13.1. The third-order valence-electron chi connectivity index (χ3n) is 3.83. The molecule has 0 fully saturated rings. The Kier molecular flexibility index (Phi) is 3.52. The van der Waals surface area contributed by atoms with E-state index in [1.807, 2.05) is 44.2 Å². The molecule has 3 nitrogen and oxygen atoms in total. The Bertz CT molecular complexity index is 824. The Balaban J connectivity index is 2.00. The van der Waals surface area contributed by atoms with Crippen LogP contribution in [0.25, 0.3) is 6.08 Å². The first-order chi connectivity index (χ1) is 10.6. The number of ether oxygens (including phenoxy) is 1. The zero-order valence-electron chi connectivity index (χ0n) is 12.5. The highest BCUT2D eigenvalue weighted by Gasteiger charge is 2.26. The fourth-order valence-electron chi connectivity index (χ4n) is 2.59. The van der Waals surface area contributed by atoms with Crippen molar-refractivity contribution >= 4 is 11.9 Å². The second kappa shape index (κ2) is 5.50. The molecule has 0 saturated heterocycles. The molecule has 108 valence electrons. The van der Waals surface area contributed by atoms with E-state index in [4.69, 9.17) is 10.00 Å². The van der Waals surface area contributed by atoms with Gasteiger partial charge in [0.05, 0.1) is 17.2 Å². The Morgan fingerprint density at radius 2 is 1.77 bits per heavy atom. The Hall–Kier alpha value is -2.86. The first kappa shape index (κ1) is 14.1. The number of hydrogen-bond donors (Lipinski definition) is 0. The molecular formula is C19H15NO2. The molecule has 3 rings (SSSR count). The van der Waals surface area contributed by atoms with Crippen molar-refractivity contribution in [3.8, 4) is 11.8 Å². The summed E-state index contributed by atoms with van der Waals surface area (Å²) in [5.41, 5.74) is 4.68. The highest BCUT2D eigenvalue weighted by atomic mass is 16.5. The molecule has 0 saturated carbocycles. The standard InChI is InChI=1S/C19H15NO2/c1-12-3-4-13(2)19-17(12)18(21)16(11-22-19)9-14-5-7-15(10-20)8-6-14/h3-9H,11H2,1-2H3/b16-9+. The average Bonchev–Trinajstić information content (AvgIpc) is 2.54. The number of carbonyl (C=O) groups is 1. The fraction of sp³-hybridized carbons (Fsp3) is 0.158. The highest BCUT2D eigenvalue weighted by molar-refractivity contribution is 6.15. The first-order valence-corrected chi connectivity index (χ1v) is 7.08. The topological polar surface area (TPSA) is 50.1 Å². The molecule has 1 heterocycles. The van der Waals surface area contributed by atoms with Crippen molar-refractivity contribution in [2.24, 2.45) is 0 Å². The van der Waals surface area contributed by atoms with Gasteiger partial charge in [0.2, 0.25) is 0 Å². The van der Waals surface area contributed by atoms with Crippen molar-refractivity contribution in [2.45, 2.75) is 13.8 Å². The van der Waals surface area contributed by atoms with E-state index in [0.717, 1.165) is 16.7 Å². The van der Waals surface area contributed by atoms with Crippen LogP contribution >= 0.6 is 0 Å². The maximum atomic E-state index is 12.7. The van der Waals surface area contributed by atoms with Crippen LogP contribution in [0.5, 0.6) is 5.75 Å². The van der Waals surface area contributed by atoms with Gasteiger partial charge in [0, 0.05) is 5.57 Å². The van der Waals surface area contributed by atoms with Gasteiger partial charge in [-0.15, -0.1) is 0 Å². The largest absolute Gasteiger partial charge is 0.488 e. The molecular weight excluding hydrogens is 274 g/mol. The van der Waals surface area contributed by atoms with E-state index < -0.39 is 0 Å². The lowest BCUT2D eigenvalue weighted by molar-refractivity contribution is 0.0999. The smallest absolute Gasteiger partial charge is 0.196 e. The van der Waals surface area contributed by atoms with Gasteiger partial charge in [-0.1, -0.05) is 24.3 Å². The molecule has 2 aromatic rings. The first-order valence-electron chi connectivity index (χ1n) is 7.08. The zero-order chi connectivity index (χ0) is 15.7. The third-order valence-corrected chi connectivity index (χ3v) is 3.83. The summed E-state index contributed by atoms with van der Waals surface area (Å²) in [5.74, 6) is 0.716. The van der Waals surface area contributed by atoms with E-state index in [-0.39, 0.29) is 12.4 Å². The summed E-state index contributed by atoms with van der Waals surface area (Å²) in [7, 11) is 0. The number of fused-ring (bicyclic) bond motifs is 1. The van der Waals surface area contributed by atoms with Gasteiger partial charge in [0.25, 0.3) is 0 Å². The van der Waals surface area contributed by atoms with Crippen molar-refractivity contribution in [1.82, 2.24) is 0 Å². The van der Waals surface area contributed by atoms with E-state index in [0.29, 0.717) is 22.4 Å². The van der Waals surface area contributed by atoms with Gasteiger partial charge in [0.1, 0.15) is 12.4 Å². The predicted molar refractivity (Wildman–Crippen MR) is 84.9 cm³/mol. The van der Waals surface area contributed by atoms with Gasteiger partial charge in [-0.25, -0.2) is 0 Å². The number of hydrogen-bond acceptors (Lipinski definition) is 3. The second-order valence-corrected chi connectivity index (χ2v) is 5.42. The Morgan fingerprint density at radius 3 is 2.45 bits per heavy atom. The summed E-state index contributed by atoms with van der Waals surface area (Å²) >= 11 is 0. The van der Waals surface area contributed by atoms with Gasteiger partial charge in [0.15, 0.2) is 5.78 Å². The number of ketones is 1. The van der Waals surface area contributed by atoms with Gasteiger partial charge in [-0.05, 0) is 48.7 Å². The van der Waals surface area contributed by atoms with Crippen LogP contribution in [0.3, 0.4) is 0 Å². The van der Waals surface area contributed by atoms with Crippen LogP contribution in [-0.2, 0) is 0 Å². The lowest BCUT2D eigenvalue weighted by Crippen LogP contribution is -2.21. The lowest BCUT2D eigenvalue weighted by Gasteiger charge is -2.22. The molecule has 1 aliphatic heterocycles. The van der Waals surface area contributed by atoms with Crippen molar-refractivity contribution in [3.63, 3.8) is 0 Å². The summed E-state index contributed by atoms with van der Waals surface area (Å²) in [6.07, 6.45) is 1.83. The van der Waals surface area contributed by atoms with E-state index in [9.17, 15) is 4.79 Å². The van der Waals surface area contributed by atoms with Crippen molar-refractivity contribution in [2.75, 3.05) is 6.61 Å². The normalized spacial score (nSPS) is 15.1. The van der Waals surface area contributed by atoms with Crippen LogP contribution in [0.15, 0.2) is 42.0 Å². The molecule has 0 unspecified atom stereocenters. The summed E-state index contributed by atoms with van der Waals surface area (Å²) in [6.45, 7) is 4.14. The number of benzene rings is 2. The molecule has 0 atom stereocenters. The molecule has 0 aliphatic carbocycles. The number of carbonyl (C=O) groups excluding carboxylic acids is 1. The molecule has 0 bridgehead atoms. The minimum absolute atomic E-state index is 0.0202. The lowest BCUT2D eigenvalue weighted by atomic mass is 9.93. The van der Waals surface area contributed by atoms with Crippen molar-refractivity contribution < 1.29 is 9.53 Å². The van der Waals surface area contributed by atoms with E-state index in [2.05, 4.69) is 6.07 Å². The van der Waals surface area contributed by atoms with E-state index in [1.165, 1.54) is 0 Å². The number of Topliss-reactive ketones (excluding diaryl/α,β-unsaturated/α-hetero) is 1. The van der Waals surface area contributed by atoms with Crippen LogP contribution in [-0.4, -0.2) is 12.4 Å². The molecule has 0 aromatic heterocycles. The molecule has 1 aliphatic rings. The fourth-order valence-corrected chi connectivity index (χ4v) is 2.59. The van der Waals surface area contributed by atoms with Crippen LogP contribution in [0.2, 0.25) is 0 Å². The Morgan fingerprint density at radius 1 is 1.09 bits per heavy atom. The van der Waals surface area contributed by atoms with Crippen molar-refractivity contribution in [1.29, 1.82) is 5.26 Å². The van der Waals surface area contributed by atoms with Gasteiger partial charge in [-0.2, -0.15) is 5.26 Å². The Labute approximate surface area is 129 Å². The summed E-state index contributed by atoms with van der Waals surface area (Å²) in [5, 5.41) is 8.82. The minimum atomic E-state index is 0.0202. The number of nitriles is 1. The number of aryl methyl sites for hydroxylation is 2. The van der Waals surface area contributed by atoms with Crippen LogP contribution < -0.4 is 4.74 Å². The minimum Gasteiger partial charge on any atom is -0.488 e. The molecule has 0 spiro atoms. The zero-order valence-corrected chi connectivity index (χ0v) is 12.5. The van der Waals surface area contributed by atoms with E-state index in [1.54, 1.807) is 12.1 Å². The molecule has 0 amide bonds. The summed E-state index contributed by atoms with van der Waals surface area (Å²) < 4.78 is 5.79. The molecule has 22 heavy (non-hydrogen) atoms. The molecule has 0 N–H and O–H groups in total. The maximum absolute atomic E-state index is 12.7. The molecule has 0 radical (unpaired) electrons.